The van der Waals surface area contributed by atoms with Gasteiger partial charge >= 0.3 is 5.97 Å². The number of nitrogens with one attached hydrogen (secondary N) is 1. The summed E-state index contributed by atoms with van der Waals surface area (Å²) in [5.41, 5.74) is 2.26. The average Bonchev–Trinajstić information content (AvgIpc) is 3.01. The van der Waals surface area contributed by atoms with Crippen LogP contribution in [0.5, 0.6) is 0 Å². The van der Waals surface area contributed by atoms with E-state index >= 15 is 0 Å². The lowest BCUT2D eigenvalue weighted by Gasteiger charge is -2.09. The highest BCUT2D eigenvalue weighted by Gasteiger charge is 2.35. The molecule has 7 nitrogen and oxygen atoms in total. The minimum Gasteiger partial charge on any atom is -0.452 e. The average molecular weight is 420 g/mol. The van der Waals surface area contributed by atoms with Crippen LogP contribution in [0.25, 0.3) is 0 Å². The lowest BCUT2D eigenvalue weighted by atomic mass is 10.1. The third-order valence-electron chi connectivity index (χ3n) is 4.91. The molecular weight excluding hydrogens is 396 g/mol. The number of hydrogen-bond donors (Lipinski definition) is 1. The van der Waals surface area contributed by atoms with Crippen LogP contribution >= 0.6 is 0 Å². The van der Waals surface area contributed by atoms with Crippen molar-refractivity contribution in [3.8, 4) is 0 Å². The van der Waals surface area contributed by atoms with E-state index in [1.165, 1.54) is 29.8 Å². The quantitative estimate of drug-likeness (QED) is 0.380. The van der Waals surface area contributed by atoms with Gasteiger partial charge in [0, 0.05) is 12.2 Å². The van der Waals surface area contributed by atoms with Crippen LogP contribution in [0.15, 0.2) is 55.1 Å². The summed E-state index contributed by atoms with van der Waals surface area (Å²) in [6.45, 7) is 5.28. The molecule has 0 atom stereocenters. The van der Waals surface area contributed by atoms with Crippen molar-refractivity contribution in [2.75, 3.05) is 18.5 Å². The number of esters is 1. The van der Waals surface area contributed by atoms with Crippen LogP contribution in [0.1, 0.15) is 56.4 Å². The van der Waals surface area contributed by atoms with Crippen molar-refractivity contribution in [2.45, 2.75) is 26.2 Å². The van der Waals surface area contributed by atoms with Crippen LogP contribution < -0.4 is 5.32 Å². The van der Waals surface area contributed by atoms with Gasteiger partial charge < -0.3 is 10.1 Å². The first-order valence-electron chi connectivity index (χ1n) is 10.1. The number of fused-ring (bicyclic) bond motifs is 1. The number of nitrogens with zero attached hydrogens (tertiary/aromatic N) is 1. The molecule has 3 amide bonds. The molecule has 0 fully saturated rings. The molecule has 1 heterocycles. The molecule has 0 spiro atoms. The molecule has 160 valence electrons. The zero-order valence-electron chi connectivity index (χ0n) is 17.3. The molecule has 0 radical (unpaired) electrons. The van der Waals surface area contributed by atoms with Crippen LogP contribution in [0.3, 0.4) is 0 Å². The van der Waals surface area contributed by atoms with Crippen LogP contribution in [0.4, 0.5) is 5.69 Å². The van der Waals surface area contributed by atoms with Crippen LogP contribution in [-0.2, 0) is 16.0 Å². The van der Waals surface area contributed by atoms with E-state index < -0.39 is 30.3 Å². The molecule has 1 aliphatic heterocycles. The van der Waals surface area contributed by atoms with Gasteiger partial charge in [-0.1, -0.05) is 31.6 Å². The second kappa shape index (κ2) is 9.84. The van der Waals surface area contributed by atoms with Gasteiger partial charge in [0.05, 0.1) is 16.7 Å². The molecule has 2 aromatic carbocycles. The molecule has 0 saturated heterocycles. The first kappa shape index (κ1) is 22.0. The van der Waals surface area contributed by atoms with Gasteiger partial charge in [-0.15, -0.1) is 6.58 Å². The smallest absolute Gasteiger partial charge is 0.338 e. The number of aryl methyl sites for hydroxylation is 1. The summed E-state index contributed by atoms with van der Waals surface area (Å²) in [5.74, 6) is -2.15. The summed E-state index contributed by atoms with van der Waals surface area (Å²) < 4.78 is 5.06. The van der Waals surface area contributed by atoms with Gasteiger partial charge in [0.2, 0.25) is 0 Å². The fourth-order valence-electron chi connectivity index (χ4n) is 3.26. The number of benzene rings is 2. The SMILES string of the molecule is C=CCN1C(=O)c2ccc(C(=O)OCC(=O)Nc3ccc(CCCC)cc3)cc2C1=O. The zero-order valence-corrected chi connectivity index (χ0v) is 17.3. The van der Waals surface area contributed by atoms with Gasteiger partial charge in [0.1, 0.15) is 0 Å². The maximum atomic E-state index is 12.4. The number of ether oxygens (including phenoxy) is 1. The number of hydrogen-bond acceptors (Lipinski definition) is 5. The van der Waals surface area contributed by atoms with Crippen molar-refractivity contribution in [2.24, 2.45) is 0 Å². The molecule has 1 aliphatic rings. The summed E-state index contributed by atoms with van der Waals surface area (Å²) in [4.78, 5) is 50.1. The molecule has 2 aromatic rings. The molecule has 0 saturated carbocycles. The van der Waals surface area contributed by atoms with E-state index in [1.54, 1.807) is 0 Å². The largest absolute Gasteiger partial charge is 0.452 e. The Balaban J connectivity index is 1.57. The number of carbonyl (C=O) groups excluding carboxylic acids is 4. The van der Waals surface area contributed by atoms with Crippen LogP contribution in [-0.4, -0.2) is 41.7 Å². The third-order valence-corrected chi connectivity index (χ3v) is 4.91. The van der Waals surface area contributed by atoms with E-state index in [1.807, 2.05) is 24.3 Å². The lowest BCUT2D eigenvalue weighted by Crippen LogP contribution is -2.29. The molecule has 3 rings (SSSR count). The minimum absolute atomic E-state index is 0.0892. The van der Waals surface area contributed by atoms with E-state index in [0.717, 1.165) is 24.2 Å². The van der Waals surface area contributed by atoms with Gasteiger partial charge in [-0.3, -0.25) is 19.3 Å². The van der Waals surface area contributed by atoms with Crippen molar-refractivity contribution in [1.82, 2.24) is 4.90 Å². The van der Waals surface area contributed by atoms with Crippen molar-refractivity contribution in [1.29, 1.82) is 0 Å². The predicted molar refractivity (Wildman–Crippen MR) is 116 cm³/mol. The fourth-order valence-corrected chi connectivity index (χ4v) is 3.26. The Morgan fingerprint density at radius 1 is 1.06 bits per heavy atom. The normalized spacial score (nSPS) is 12.5. The number of imide groups is 1. The Bertz CT molecular complexity index is 1030. The van der Waals surface area contributed by atoms with Crippen molar-refractivity contribution < 1.29 is 23.9 Å². The van der Waals surface area contributed by atoms with E-state index in [-0.39, 0.29) is 23.2 Å². The molecule has 0 unspecified atom stereocenters. The highest BCUT2D eigenvalue weighted by Crippen LogP contribution is 2.24. The highest BCUT2D eigenvalue weighted by atomic mass is 16.5. The van der Waals surface area contributed by atoms with Crippen molar-refractivity contribution in [3.05, 3.63) is 77.4 Å². The Hall–Kier alpha value is -3.74. The first-order valence-corrected chi connectivity index (χ1v) is 10.1. The van der Waals surface area contributed by atoms with E-state index in [4.69, 9.17) is 4.74 Å². The number of unbranched alkanes of at least 4 members (excludes halogenated alkanes) is 1. The number of carbonyl (C=O) groups is 4. The summed E-state index contributed by atoms with van der Waals surface area (Å²) in [7, 11) is 0. The summed E-state index contributed by atoms with van der Waals surface area (Å²) >= 11 is 0. The summed E-state index contributed by atoms with van der Waals surface area (Å²) in [6.07, 6.45) is 4.67. The number of amides is 3. The molecule has 7 heteroatoms. The molecule has 0 aliphatic carbocycles. The lowest BCUT2D eigenvalue weighted by molar-refractivity contribution is -0.119. The van der Waals surface area contributed by atoms with Crippen molar-refractivity contribution in [3.63, 3.8) is 0 Å². The van der Waals surface area contributed by atoms with Gasteiger partial charge in [0.15, 0.2) is 6.61 Å². The predicted octanol–water partition coefficient (Wildman–Crippen LogP) is 3.61. The second-order valence-electron chi connectivity index (χ2n) is 7.19. The molecule has 1 N–H and O–H groups in total. The van der Waals surface area contributed by atoms with E-state index in [9.17, 15) is 19.2 Å². The highest BCUT2D eigenvalue weighted by molar-refractivity contribution is 6.22. The Morgan fingerprint density at radius 3 is 2.45 bits per heavy atom. The van der Waals surface area contributed by atoms with E-state index in [2.05, 4.69) is 18.8 Å². The first-order chi connectivity index (χ1) is 14.9. The Labute approximate surface area is 180 Å². The summed E-state index contributed by atoms with van der Waals surface area (Å²) in [6, 6.07) is 11.7. The fraction of sp³-hybridized carbons (Fsp3) is 0.250. The van der Waals surface area contributed by atoms with Gasteiger partial charge in [-0.2, -0.15) is 0 Å². The number of anilines is 1. The molecular formula is C24H24N2O5. The monoisotopic (exact) mass is 420 g/mol. The standard InChI is InChI=1S/C24H24N2O5/c1-3-5-6-16-7-10-18(11-8-16)25-21(27)15-31-24(30)17-9-12-19-20(14-17)23(29)26(13-4-2)22(19)28/h4,7-12,14H,2-3,5-6,13,15H2,1H3,(H,25,27). The minimum atomic E-state index is -0.754. The third kappa shape index (κ3) is 5.06. The maximum absolute atomic E-state index is 12.4. The van der Waals surface area contributed by atoms with Crippen LogP contribution in [0, 0.1) is 0 Å². The number of rotatable bonds is 9. The van der Waals surface area contributed by atoms with Gasteiger partial charge in [0.25, 0.3) is 17.7 Å². The van der Waals surface area contributed by atoms with E-state index in [0.29, 0.717) is 5.69 Å². The molecule has 31 heavy (non-hydrogen) atoms. The van der Waals surface area contributed by atoms with Crippen LogP contribution in [0.2, 0.25) is 0 Å². The van der Waals surface area contributed by atoms with Gasteiger partial charge in [-0.05, 0) is 48.7 Å². The Morgan fingerprint density at radius 2 is 1.77 bits per heavy atom. The second-order valence-corrected chi connectivity index (χ2v) is 7.19. The molecule has 0 aromatic heterocycles. The summed E-state index contributed by atoms with van der Waals surface area (Å²) in [5, 5.41) is 2.68. The van der Waals surface area contributed by atoms with Gasteiger partial charge in [-0.25, -0.2) is 4.79 Å². The Kier molecular flexibility index (Phi) is 6.97. The topological polar surface area (TPSA) is 92.8 Å². The zero-order chi connectivity index (χ0) is 22.4. The molecule has 0 bridgehead atoms. The maximum Gasteiger partial charge on any atom is 0.338 e. The van der Waals surface area contributed by atoms with Crippen molar-refractivity contribution >= 4 is 29.4 Å².